The van der Waals surface area contributed by atoms with E-state index in [2.05, 4.69) is 20.5 Å². The molecule has 2 amide bonds. The molecule has 0 aliphatic carbocycles. The van der Waals surface area contributed by atoms with E-state index in [9.17, 15) is 4.79 Å². The molecule has 3 rings (SSSR count). The maximum Gasteiger partial charge on any atom is 0.319 e. The van der Waals surface area contributed by atoms with E-state index < -0.39 is 0 Å². The van der Waals surface area contributed by atoms with Crippen molar-refractivity contribution in [2.24, 2.45) is 0 Å². The summed E-state index contributed by atoms with van der Waals surface area (Å²) in [6, 6.07) is 11.4. The fourth-order valence-electron chi connectivity index (χ4n) is 2.72. The average molecular weight is 358 g/mol. The zero-order valence-corrected chi connectivity index (χ0v) is 15.0. The van der Waals surface area contributed by atoms with Gasteiger partial charge in [-0.15, -0.1) is 11.8 Å². The van der Waals surface area contributed by atoms with E-state index in [1.165, 1.54) is 0 Å². The average Bonchev–Trinajstić information content (AvgIpc) is 2.68. The Morgan fingerprint density at radius 3 is 2.84 bits per heavy atom. The molecule has 1 aliphatic rings. The second kappa shape index (κ2) is 8.73. The van der Waals surface area contributed by atoms with E-state index in [0.29, 0.717) is 19.8 Å². The van der Waals surface area contributed by atoms with Crippen molar-refractivity contribution >= 4 is 29.3 Å². The Balaban J connectivity index is 1.62. The summed E-state index contributed by atoms with van der Waals surface area (Å²) < 4.78 is 5.40. The second-order valence-electron chi connectivity index (χ2n) is 5.59. The number of carbonyl (C=O) groups excluding carboxylic acids is 1. The number of para-hydroxylation sites is 1. The molecule has 1 aliphatic heterocycles. The van der Waals surface area contributed by atoms with Gasteiger partial charge in [0.05, 0.1) is 18.9 Å². The number of benzene rings is 1. The first-order valence-corrected chi connectivity index (χ1v) is 9.45. The Labute approximate surface area is 152 Å². The molecule has 1 aromatic heterocycles. The van der Waals surface area contributed by atoms with Crippen LogP contribution in [-0.2, 0) is 11.3 Å². The van der Waals surface area contributed by atoms with Crippen molar-refractivity contribution in [3.8, 4) is 0 Å². The molecule has 0 bridgehead atoms. The van der Waals surface area contributed by atoms with Crippen molar-refractivity contribution in [3.05, 3.63) is 48.2 Å². The number of ether oxygens (including phenoxy) is 1. The van der Waals surface area contributed by atoms with Crippen molar-refractivity contribution in [3.63, 3.8) is 0 Å². The number of urea groups is 1. The quantitative estimate of drug-likeness (QED) is 0.805. The topological polar surface area (TPSA) is 66.5 Å². The normalized spacial score (nSPS) is 14.2. The van der Waals surface area contributed by atoms with Crippen LogP contribution in [0.2, 0.25) is 0 Å². The highest BCUT2D eigenvalue weighted by molar-refractivity contribution is 7.98. The smallest absolute Gasteiger partial charge is 0.319 e. The first-order chi connectivity index (χ1) is 12.3. The summed E-state index contributed by atoms with van der Waals surface area (Å²) in [5.41, 5.74) is 1.81. The van der Waals surface area contributed by atoms with Crippen LogP contribution in [0.25, 0.3) is 0 Å². The van der Waals surface area contributed by atoms with Crippen molar-refractivity contribution in [1.82, 2.24) is 10.3 Å². The highest BCUT2D eigenvalue weighted by atomic mass is 32.2. The molecule has 0 atom stereocenters. The molecule has 7 heteroatoms. The Kier molecular flexibility index (Phi) is 6.14. The van der Waals surface area contributed by atoms with Gasteiger partial charge in [0.25, 0.3) is 0 Å². The van der Waals surface area contributed by atoms with Gasteiger partial charge in [-0.3, -0.25) is 0 Å². The first kappa shape index (κ1) is 17.6. The molecule has 1 fully saturated rings. The standard InChI is InChI=1S/C18H22N4O2S/c1-25-16-7-3-2-6-15(16)21-18(23)20-13-14-5-4-8-19-17(14)22-9-11-24-12-10-22/h2-8H,9-13H2,1H3,(H2,20,21,23). The molecule has 1 saturated heterocycles. The van der Waals surface area contributed by atoms with E-state index in [-0.39, 0.29) is 6.03 Å². The number of carbonyl (C=O) groups is 1. The maximum absolute atomic E-state index is 12.3. The fourth-order valence-corrected chi connectivity index (χ4v) is 3.27. The van der Waals surface area contributed by atoms with Gasteiger partial charge in [-0.05, 0) is 24.5 Å². The number of aromatic nitrogens is 1. The Hall–Kier alpha value is -2.25. The molecule has 0 spiro atoms. The number of nitrogens with zero attached hydrogens (tertiary/aromatic N) is 2. The third-order valence-electron chi connectivity index (χ3n) is 3.97. The molecule has 25 heavy (non-hydrogen) atoms. The first-order valence-electron chi connectivity index (χ1n) is 8.22. The zero-order valence-electron chi connectivity index (χ0n) is 14.2. The monoisotopic (exact) mass is 358 g/mol. The summed E-state index contributed by atoms with van der Waals surface area (Å²) in [5.74, 6) is 0.913. The number of morpholine rings is 1. The molecule has 0 radical (unpaired) electrons. The van der Waals surface area contributed by atoms with Crippen molar-refractivity contribution in [2.75, 3.05) is 42.8 Å². The molecular weight excluding hydrogens is 336 g/mol. The number of pyridine rings is 1. The van der Waals surface area contributed by atoms with E-state index >= 15 is 0 Å². The van der Waals surface area contributed by atoms with Crippen LogP contribution in [0, 0.1) is 0 Å². The van der Waals surface area contributed by atoms with Crippen LogP contribution < -0.4 is 15.5 Å². The fraction of sp³-hybridized carbons (Fsp3) is 0.333. The Bertz CT molecular complexity index is 720. The van der Waals surface area contributed by atoms with Crippen LogP contribution in [0.1, 0.15) is 5.56 Å². The van der Waals surface area contributed by atoms with Crippen LogP contribution in [0.5, 0.6) is 0 Å². The van der Waals surface area contributed by atoms with Crippen molar-refractivity contribution in [1.29, 1.82) is 0 Å². The number of thioether (sulfide) groups is 1. The number of amides is 2. The maximum atomic E-state index is 12.3. The molecule has 132 valence electrons. The van der Waals surface area contributed by atoms with E-state index in [1.54, 1.807) is 18.0 Å². The van der Waals surface area contributed by atoms with Gasteiger partial charge >= 0.3 is 6.03 Å². The lowest BCUT2D eigenvalue weighted by Gasteiger charge is -2.29. The van der Waals surface area contributed by atoms with Gasteiger partial charge in [0, 0.05) is 36.3 Å². The molecule has 0 saturated carbocycles. The molecule has 0 unspecified atom stereocenters. The molecule has 2 heterocycles. The summed E-state index contributed by atoms with van der Waals surface area (Å²) in [4.78, 5) is 20.0. The number of anilines is 2. The second-order valence-corrected chi connectivity index (χ2v) is 6.44. The van der Waals surface area contributed by atoms with Crippen LogP contribution in [0.3, 0.4) is 0 Å². The summed E-state index contributed by atoms with van der Waals surface area (Å²) in [7, 11) is 0. The summed E-state index contributed by atoms with van der Waals surface area (Å²) in [5, 5.41) is 5.83. The lowest BCUT2D eigenvalue weighted by molar-refractivity contribution is 0.122. The minimum atomic E-state index is -0.224. The van der Waals surface area contributed by atoms with Gasteiger partial charge in [-0.25, -0.2) is 9.78 Å². The van der Waals surface area contributed by atoms with E-state index in [1.807, 2.05) is 42.7 Å². The third-order valence-corrected chi connectivity index (χ3v) is 4.77. The van der Waals surface area contributed by atoms with E-state index in [4.69, 9.17) is 4.74 Å². The number of hydrogen-bond acceptors (Lipinski definition) is 5. The van der Waals surface area contributed by atoms with Gasteiger partial charge in [0.15, 0.2) is 0 Å². The van der Waals surface area contributed by atoms with Gasteiger partial charge in [0.1, 0.15) is 5.82 Å². The summed E-state index contributed by atoms with van der Waals surface area (Å²) in [6.45, 7) is 3.47. The molecule has 2 N–H and O–H groups in total. The molecular formula is C18H22N4O2S. The largest absolute Gasteiger partial charge is 0.378 e. The summed E-state index contributed by atoms with van der Waals surface area (Å²) in [6.07, 6.45) is 3.77. The number of rotatable bonds is 5. The van der Waals surface area contributed by atoms with Gasteiger partial charge in [-0.1, -0.05) is 18.2 Å². The van der Waals surface area contributed by atoms with Crippen molar-refractivity contribution in [2.45, 2.75) is 11.4 Å². The van der Waals surface area contributed by atoms with Crippen LogP contribution >= 0.6 is 11.8 Å². The lowest BCUT2D eigenvalue weighted by atomic mass is 10.2. The number of nitrogens with one attached hydrogen (secondary N) is 2. The molecule has 1 aromatic carbocycles. The SMILES string of the molecule is CSc1ccccc1NC(=O)NCc1cccnc1N1CCOCC1. The van der Waals surface area contributed by atoms with Crippen LogP contribution in [0.15, 0.2) is 47.5 Å². The van der Waals surface area contributed by atoms with Gasteiger partial charge in [-0.2, -0.15) is 0 Å². The van der Waals surface area contributed by atoms with Gasteiger partial charge in [0.2, 0.25) is 0 Å². The predicted molar refractivity (Wildman–Crippen MR) is 101 cm³/mol. The zero-order chi connectivity index (χ0) is 17.5. The minimum absolute atomic E-state index is 0.224. The lowest BCUT2D eigenvalue weighted by Crippen LogP contribution is -2.38. The Morgan fingerprint density at radius 2 is 2.04 bits per heavy atom. The van der Waals surface area contributed by atoms with Crippen molar-refractivity contribution < 1.29 is 9.53 Å². The highest BCUT2D eigenvalue weighted by Crippen LogP contribution is 2.24. The highest BCUT2D eigenvalue weighted by Gasteiger charge is 2.16. The van der Waals surface area contributed by atoms with Crippen LogP contribution in [0.4, 0.5) is 16.3 Å². The molecule has 2 aromatic rings. The summed E-state index contributed by atoms with van der Waals surface area (Å²) >= 11 is 1.60. The third kappa shape index (κ3) is 4.64. The number of hydrogen-bond donors (Lipinski definition) is 2. The van der Waals surface area contributed by atoms with E-state index in [0.717, 1.165) is 35.1 Å². The Morgan fingerprint density at radius 1 is 1.24 bits per heavy atom. The van der Waals surface area contributed by atoms with Gasteiger partial charge < -0.3 is 20.3 Å². The van der Waals surface area contributed by atoms with Crippen LogP contribution in [-0.4, -0.2) is 43.6 Å². The molecule has 6 nitrogen and oxygen atoms in total. The predicted octanol–water partition coefficient (Wildman–Crippen LogP) is 2.96. The minimum Gasteiger partial charge on any atom is -0.378 e.